The van der Waals surface area contributed by atoms with Gasteiger partial charge in [-0.3, -0.25) is 4.98 Å². The molecule has 0 saturated carbocycles. The fourth-order valence-corrected chi connectivity index (χ4v) is 5.48. The molecule has 0 bridgehead atoms. The summed E-state index contributed by atoms with van der Waals surface area (Å²) in [6.07, 6.45) is 0. The van der Waals surface area contributed by atoms with Gasteiger partial charge in [0.25, 0.3) is 10.0 Å². The topological polar surface area (TPSA) is 86.6 Å². The molecule has 0 aliphatic carbocycles. The third kappa shape index (κ3) is 2.54. The van der Waals surface area contributed by atoms with Gasteiger partial charge in [0.2, 0.25) is 0 Å². The van der Waals surface area contributed by atoms with Gasteiger partial charge >= 0.3 is 5.76 Å². The maximum atomic E-state index is 12.6. The number of aromatic nitrogens is 1. The van der Waals surface area contributed by atoms with Crippen LogP contribution < -0.4 is 10.7 Å². The fraction of sp³-hybridized carbons (Fsp3) is 0.267. The van der Waals surface area contributed by atoms with Gasteiger partial charge in [0.15, 0.2) is 5.58 Å². The van der Waals surface area contributed by atoms with Crippen molar-refractivity contribution in [3.05, 3.63) is 46.3 Å². The first-order valence-electron chi connectivity index (χ1n) is 7.46. The molecule has 1 aliphatic rings. The summed E-state index contributed by atoms with van der Waals surface area (Å²) in [5, 5.41) is 1.76. The van der Waals surface area contributed by atoms with E-state index in [0.717, 1.165) is 5.69 Å². The van der Waals surface area contributed by atoms with E-state index in [0.29, 0.717) is 41.5 Å². The number of piperazine rings is 1. The van der Waals surface area contributed by atoms with E-state index < -0.39 is 15.8 Å². The smallest absolute Gasteiger partial charge is 0.406 e. The van der Waals surface area contributed by atoms with Crippen molar-refractivity contribution in [1.29, 1.82) is 0 Å². The molecule has 24 heavy (non-hydrogen) atoms. The van der Waals surface area contributed by atoms with Crippen molar-refractivity contribution in [2.75, 3.05) is 31.1 Å². The summed E-state index contributed by atoms with van der Waals surface area (Å²) in [6.45, 7) is 1.87. The van der Waals surface area contributed by atoms with Crippen LogP contribution in [0.5, 0.6) is 0 Å². The van der Waals surface area contributed by atoms with Crippen molar-refractivity contribution in [3.63, 3.8) is 0 Å². The van der Waals surface area contributed by atoms with E-state index in [1.54, 1.807) is 23.6 Å². The van der Waals surface area contributed by atoms with Crippen LogP contribution in [0.25, 0.3) is 11.1 Å². The Hall–Kier alpha value is -2.10. The SMILES string of the molecule is O=c1[nH]c2cccc(N3CCN(S(=O)(=O)c4cccs4)CC3)c2o1. The molecule has 1 N–H and O–H groups in total. The average Bonchev–Trinajstić information content (AvgIpc) is 3.23. The molecule has 1 aliphatic heterocycles. The predicted octanol–water partition coefficient (Wildman–Crippen LogP) is 1.69. The van der Waals surface area contributed by atoms with E-state index in [2.05, 4.69) is 4.98 Å². The number of thiophene rings is 1. The molecule has 3 aromatic rings. The van der Waals surface area contributed by atoms with Crippen molar-refractivity contribution >= 4 is 38.1 Å². The van der Waals surface area contributed by atoms with Crippen LogP contribution in [0.4, 0.5) is 5.69 Å². The predicted molar refractivity (Wildman–Crippen MR) is 92.1 cm³/mol. The molecule has 4 rings (SSSR count). The summed E-state index contributed by atoms with van der Waals surface area (Å²) in [4.78, 5) is 16.1. The van der Waals surface area contributed by atoms with Gasteiger partial charge in [0.05, 0.1) is 11.2 Å². The van der Waals surface area contributed by atoms with E-state index in [1.807, 2.05) is 17.0 Å². The molecular formula is C15H15N3O4S2. The fourth-order valence-electron chi connectivity index (χ4n) is 2.91. The first-order chi connectivity index (χ1) is 11.6. The Morgan fingerprint density at radius 3 is 2.58 bits per heavy atom. The van der Waals surface area contributed by atoms with E-state index >= 15 is 0 Å². The third-order valence-electron chi connectivity index (χ3n) is 4.09. The molecule has 126 valence electrons. The number of rotatable bonds is 3. The van der Waals surface area contributed by atoms with E-state index in [-0.39, 0.29) is 0 Å². The number of H-pyrrole nitrogens is 1. The highest BCUT2D eigenvalue weighted by atomic mass is 32.2. The second-order valence-electron chi connectivity index (χ2n) is 5.49. The molecule has 0 amide bonds. The molecule has 1 aromatic carbocycles. The lowest BCUT2D eigenvalue weighted by atomic mass is 10.2. The Morgan fingerprint density at radius 1 is 1.08 bits per heavy atom. The Bertz CT molecular complexity index is 1010. The third-order valence-corrected chi connectivity index (χ3v) is 7.37. The number of sulfonamides is 1. The Balaban J connectivity index is 1.57. The number of oxazole rings is 1. The molecule has 0 atom stereocenters. The van der Waals surface area contributed by atoms with Crippen LogP contribution in [0.15, 0.2) is 49.1 Å². The largest absolute Gasteiger partial charge is 0.417 e. The van der Waals surface area contributed by atoms with Gasteiger partial charge in [0.1, 0.15) is 4.21 Å². The Labute approximate surface area is 142 Å². The van der Waals surface area contributed by atoms with Gasteiger partial charge in [-0.15, -0.1) is 11.3 Å². The van der Waals surface area contributed by atoms with Gasteiger partial charge in [-0.05, 0) is 23.6 Å². The number of aromatic amines is 1. The molecule has 0 spiro atoms. The van der Waals surface area contributed by atoms with Gasteiger partial charge in [-0.1, -0.05) is 12.1 Å². The van der Waals surface area contributed by atoms with E-state index in [1.165, 1.54) is 15.6 Å². The lowest BCUT2D eigenvalue weighted by molar-refractivity contribution is 0.385. The normalized spacial score (nSPS) is 16.8. The average molecular weight is 365 g/mol. The highest BCUT2D eigenvalue weighted by molar-refractivity contribution is 7.91. The standard InChI is InChI=1S/C15H15N3O4S2/c19-15-16-11-3-1-4-12(14(11)22-15)17-6-8-18(9-7-17)24(20,21)13-5-2-10-23-13/h1-5,10H,6-9H2,(H,16,19). The summed E-state index contributed by atoms with van der Waals surface area (Å²) in [5.74, 6) is -0.489. The maximum absolute atomic E-state index is 12.6. The molecule has 0 radical (unpaired) electrons. The molecule has 0 unspecified atom stereocenters. The molecule has 7 nitrogen and oxygen atoms in total. The lowest BCUT2D eigenvalue weighted by Gasteiger charge is -2.34. The van der Waals surface area contributed by atoms with Crippen LogP contribution in [-0.2, 0) is 10.0 Å². The zero-order valence-electron chi connectivity index (χ0n) is 12.6. The van der Waals surface area contributed by atoms with Crippen molar-refractivity contribution < 1.29 is 12.8 Å². The number of fused-ring (bicyclic) bond motifs is 1. The second-order valence-corrected chi connectivity index (χ2v) is 8.60. The first-order valence-corrected chi connectivity index (χ1v) is 9.78. The number of benzene rings is 1. The number of hydrogen-bond donors (Lipinski definition) is 1. The summed E-state index contributed by atoms with van der Waals surface area (Å²) in [6, 6.07) is 8.87. The second kappa shape index (κ2) is 5.76. The number of anilines is 1. The van der Waals surface area contributed by atoms with E-state index in [9.17, 15) is 13.2 Å². The van der Waals surface area contributed by atoms with Crippen LogP contribution in [0, 0.1) is 0 Å². The number of para-hydroxylation sites is 1. The molecule has 1 fully saturated rings. The minimum atomic E-state index is -3.42. The minimum Gasteiger partial charge on any atom is -0.406 e. The van der Waals surface area contributed by atoms with Crippen LogP contribution in [0.2, 0.25) is 0 Å². The van der Waals surface area contributed by atoms with Crippen LogP contribution in [0.3, 0.4) is 0 Å². The maximum Gasteiger partial charge on any atom is 0.417 e. The van der Waals surface area contributed by atoms with Crippen molar-refractivity contribution in [2.24, 2.45) is 0 Å². The molecule has 3 heterocycles. The first kappa shape index (κ1) is 15.4. The number of nitrogens with one attached hydrogen (secondary N) is 1. The molecular weight excluding hydrogens is 350 g/mol. The van der Waals surface area contributed by atoms with Gasteiger partial charge in [-0.2, -0.15) is 4.31 Å². The number of nitrogens with zero attached hydrogens (tertiary/aromatic N) is 2. The molecule has 2 aromatic heterocycles. The summed E-state index contributed by atoms with van der Waals surface area (Å²) in [5.41, 5.74) is 1.96. The van der Waals surface area contributed by atoms with Gasteiger partial charge < -0.3 is 9.32 Å². The van der Waals surface area contributed by atoms with Crippen molar-refractivity contribution in [1.82, 2.24) is 9.29 Å². The zero-order valence-corrected chi connectivity index (χ0v) is 14.3. The van der Waals surface area contributed by atoms with Crippen molar-refractivity contribution in [2.45, 2.75) is 4.21 Å². The van der Waals surface area contributed by atoms with Crippen molar-refractivity contribution in [3.8, 4) is 0 Å². The summed E-state index contributed by atoms with van der Waals surface area (Å²) < 4.78 is 32.2. The Morgan fingerprint density at radius 2 is 1.88 bits per heavy atom. The summed E-state index contributed by atoms with van der Waals surface area (Å²) in [7, 11) is -3.42. The molecule has 9 heteroatoms. The van der Waals surface area contributed by atoms with E-state index in [4.69, 9.17) is 4.42 Å². The van der Waals surface area contributed by atoms with Gasteiger partial charge in [-0.25, -0.2) is 13.2 Å². The minimum absolute atomic E-state index is 0.370. The zero-order chi connectivity index (χ0) is 16.7. The van der Waals surface area contributed by atoms with Crippen LogP contribution in [0.1, 0.15) is 0 Å². The van der Waals surface area contributed by atoms with Gasteiger partial charge in [0, 0.05) is 26.2 Å². The Kier molecular flexibility index (Phi) is 3.70. The lowest BCUT2D eigenvalue weighted by Crippen LogP contribution is -2.48. The summed E-state index contributed by atoms with van der Waals surface area (Å²) >= 11 is 1.23. The molecule has 1 saturated heterocycles. The van der Waals surface area contributed by atoms with Crippen LogP contribution >= 0.6 is 11.3 Å². The highest BCUT2D eigenvalue weighted by Crippen LogP contribution is 2.28. The number of hydrogen-bond acceptors (Lipinski definition) is 6. The van der Waals surface area contributed by atoms with Crippen LogP contribution in [-0.4, -0.2) is 43.9 Å². The highest BCUT2D eigenvalue weighted by Gasteiger charge is 2.30. The monoisotopic (exact) mass is 365 g/mol. The quantitative estimate of drug-likeness (QED) is 0.763.